The molecule has 0 aliphatic rings. The third-order valence-corrected chi connectivity index (χ3v) is 5.04. The molecule has 0 fully saturated rings. The van der Waals surface area contributed by atoms with Crippen molar-refractivity contribution >= 4 is 0 Å². The van der Waals surface area contributed by atoms with Crippen LogP contribution in [0.4, 0.5) is 8.78 Å². The lowest BCUT2D eigenvalue weighted by atomic mass is 9.83. The fraction of sp³-hybridized carbons (Fsp3) is 0.636. The van der Waals surface area contributed by atoms with Crippen molar-refractivity contribution < 1.29 is 8.78 Å². The lowest BCUT2D eigenvalue weighted by Crippen LogP contribution is -2.11. The lowest BCUT2D eigenvalue weighted by molar-refractivity contribution is 0.301. The van der Waals surface area contributed by atoms with E-state index < -0.39 is 11.7 Å². The summed E-state index contributed by atoms with van der Waals surface area (Å²) >= 11 is 0. The summed E-state index contributed by atoms with van der Waals surface area (Å²) in [6.07, 6.45) is 7.02. The summed E-state index contributed by atoms with van der Waals surface area (Å²) in [5.41, 5.74) is 0.635. The van der Waals surface area contributed by atoms with Crippen LogP contribution in [0.2, 0.25) is 0 Å². The van der Waals surface area contributed by atoms with Gasteiger partial charge < -0.3 is 0 Å². The molecule has 0 saturated heterocycles. The van der Waals surface area contributed by atoms with Crippen LogP contribution in [0.15, 0.2) is 49.6 Å². The summed E-state index contributed by atoms with van der Waals surface area (Å²) in [5, 5.41) is 0. The van der Waals surface area contributed by atoms with Crippen molar-refractivity contribution in [2.75, 3.05) is 0 Å². The van der Waals surface area contributed by atoms with Gasteiger partial charge in [0.15, 0.2) is 11.7 Å². The van der Waals surface area contributed by atoms with Crippen LogP contribution in [0.5, 0.6) is 0 Å². The zero-order valence-corrected chi connectivity index (χ0v) is 16.5. The van der Waals surface area contributed by atoms with E-state index >= 15 is 0 Å². The van der Waals surface area contributed by atoms with Crippen molar-refractivity contribution in [3.63, 3.8) is 0 Å². The molecule has 0 rings (SSSR count). The van der Waals surface area contributed by atoms with Crippen molar-refractivity contribution in [1.29, 1.82) is 0 Å². The molecule has 0 bridgehead atoms. The Bertz CT molecular complexity index is 395. The van der Waals surface area contributed by atoms with E-state index in [9.17, 15) is 8.78 Å². The van der Waals surface area contributed by atoms with Gasteiger partial charge >= 0.3 is 0 Å². The molecule has 0 saturated carbocycles. The summed E-state index contributed by atoms with van der Waals surface area (Å²) in [7, 11) is 0. The number of hydrogen-bond acceptors (Lipinski definition) is 0. The Morgan fingerprint density at radius 1 is 0.875 bits per heavy atom. The predicted octanol–water partition coefficient (Wildman–Crippen LogP) is 8.20. The van der Waals surface area contributed by atoms with E-state index in [1.54, 1.807) is 0 Å². The Hall–Kier alpha value is -1.18. The van der Waals surface area contributed by atoms with Gasteiger partial charge in [0.1, 0.15) is 0 Å². The minimum atomic E-state index is -1.03. The minimum absolute atomic E-state index is 0.161. The molecule has 0 nitrogen and oxygen atoms in total. The second kappa shape index (κ2) is 14.2. The average Bonchev–Trinajstić information content (AvgIpc) is 2.57. The molecule has 140 valence electrons. The highest BCUT2D eigenvalue weighted by Gasteiger charge is 2.15. The molecule has 0 radical (unpaired) electrons. The van der Waals surface area contributed by atoms with Gasteiger partial charge in [-0.15, -0.1) is 13.2 Å². The van der Waals surface area contributed by atoms with Crippen molar-refractivity contribution in [2.45, 2.75) is 66.7 Å². The first-order chi connectivity index (χ1) is 11.2. The Balaban J connectivity index is 0. The topological polar surface area (TPSA) is 0 Å². The third kappa shape index (κ3) is 11.4. The standard InChI is InChI=1S/C20H34F2.C2H4/c1-8-14(2)9-10-15(3)16(4)11-12-17(5)18(6)13-20(22)19(7)21;1-2/h13-17H,6-12H2,1-5H3;1-2H2/b20-13+;. The Kier molecular flexibility index (Phi) is 14.8. The van der Waals surface area contributed by atoms with Crippen LogP contribution in [0.3, 0.4) is 0 Å². The van der Waals surface area contributed by atoms with Crippen molar-refractivity contribution in [2.24, 2.45) is 23.7 Å². The van der Waals surface area contributed by atoms with Crippen LogP contribution in [-0.4, -0.2) is 0 Å². The van der Waals surface area contributed by atoms with Crippen LogP contribution in [0.1, 0.15) is 66.7 Å². The zero-order chi connectivity index (χ0) is 19.3. The van der Waals surface area contributed by atoms with Crippen molar-refractivity contribution in [1.82, 2.24) is 0 Å². The summed E-state index contributed by atoms with van der Waals surface area (Å²) < 4.78 is 25.8. The van der Waals surface area contributed by atoms with E-state index in [4.69, 9.17) is 0 Å². The zero-order valence-electron chi connectivity index (χ0n) is 16.5. The Morgan fingerprint density at radius 2 is 1.33 bits per heavy atom. The van der Waals surface area contributed by atoms with Gasteiger partial charge in [0, 0.05) is 0 Å². The van der Waals surface area contributed by atoms with Gasteiger partial charge in [-0.1, -0.05) is 67.0 Å². The fourth-order valence-corrected chi connectivity index (χ4v) is 2.40. The summed E-state index contributed by atoms with van der Waals surface area (Å²) in [6, 6.07) is 0. The molecular formula is C22H38F2. The lowest BCUT2D eigenvalue weighted by Gasteiger charge is -2.23. The van der Waals surface area contributed by atoms with Crippen molar-refractivity contribution in [3.8, 4) is 0 Å². The van der Waals surface area contributed by atoms with E-state index in [1.165, 1.54) is 25.3 Å². The van der Waals surface area contributed by atoms with Gasteiger partial charge in [0.05, 0.1) is 0 Å². The SMILES string of the molecule is C=C.C=C(F)/C(F)=C\C(=C)C(C)CCC(C)C(C)CCC(C)CC. The van der Waals surface area contributed by atoms with Gasteiger partial charge in [-0.25, -0.2) is 8.78 Å². The van der Waals surface area contributed by atoms with Crippen LogP contribution in [0, 0.1) is 23.7 Å². The highest BCUT2D eigenvalue weighted by atomic mass is 19.2. The van der Waals surface area contributed by atoms with E-state index in [2.05, 4.69) is 54.0 Å². The van der Waals surface area contributed by atoms with E-state index in [0.717, 1.165) is 18.8 Å². The number of hydrogen-bond donors (Lipinski definition) is 0. The first-order valence-corrected chi connectivity index (χ1v) is 9.09. The first-order valence-electron chi connectivity index (χ1n) is 9.09. The highest BCUT2D eigenvalue weighted by molar-refractivity contribution is 5.27. The smallest absolute Gasteiger partial charge is 0.158 e. The second-order valence-corrected chi connectivity index (χ2v) is 7.00. The van der Waals surface area contributed by atoms with Gasteiger partial charge in [0.2, 0.25) is 0 Å². The summed E-state index contributed by atoms with van der Waals surface area (Å²) in [5.74, 6) is 0.369. The van der Waals surface area contributed by atoms with E-state index in [0.29, 0.717) is 17.4 Å². The van der Waals surface area contributed by atoms with Crippen molar-refractivity contribution in [3.05, 3.63) is 49.6 Å². The summed E-state index contributed by atoms with van der Waals surface area (Å²) in [6.45, 7) is 24.0. The third-order valence-electron chi connectivity index (χ3n) is 5.04. The van der Waals surface area contributed by atoms with E-state index in [1.807, 2.05) is 6.92 Å². The van der Waals surface area contributed by atoms with Gasteiger partial charge in [0.25, 0.3) is 0 Å². The largest absolute Gasteiger partial charge is 0.204 e. The maximum absolute atomic E-state index is 13.2. The maximum Gasteiger partial charge on any atom is 0.158 e. The molecule has 0 aromatic carbocycles. The Morgan fingerprint density at radius 3 is 1.75 bits per heavy atom. The molecule has 0 aliphatic heterocycles. The van der Waals surface area contributed by atoms with Crippen LogP contribution in [-0.2, 0) is 0 Å². The molecule has 0 N–H and O–H groups in total. The van der Waals surface area contributed by atoms with Crippen LogP contribution < -0.4 is 0 Å². The summed E-state index contributed by atoms with van der Waals surface area (Å²) in [4.78, 5) is 0. The molecule has 0 aliphatic carbocycles. The predicted molar refractivity (Wildman–Crippen MR) is 105 cm³/mol. The quantitative estimate of drug-likeness (QED) is 0.262. The number of halogens is 2. The maximum atomic E-state index is 13.2. The van der Waals surface area contributed by atoms with E-state index in [-0.39, 0.29) is 5.92 Å². The van der Waals surface area contributed by atoms with Gasteiger partial charge in [-0.3, -0.25) is 0 Å². The minimum Gasteiger partial charge on any atom is -0.204 e. The normalized spacial score (nSPS) is 16.4. The molecule has 4 unspecified atom stereocenters. The fourth-order valence-electron chi connectivity index (χ4n) is 2.40. The average molecular weight is 341 g/mol. The monoisotopic (exact) mass is 340 g/mol. The molecular weight excluding hydrogens is 302 g/mol. The second-order valence-electron chi connectivity index (χ2n) is 7.00. The molecule has 0 amide bonds. The number of rotatable bonds is 11. The molecule has 0 heterocycles. The number of allylic oxidation sites excluding steroid dienone is 4. The molecule has 4 atom stereocenters. The van der Waals surface area contributed by atoms with Crippen LogP contribution >= 0.6 is 0 Å². The highest BCUT2D eigenvalue weighted by Crippen LogP contribution is 2.28. The van der Waals surface area contributed by atoms with Gasteiger partial charge in [-0.2, -0.15) is 0 Å². The molecule has 0 aromatic heterocycles. The van der Waals surface area contributed by atoms with Crippen LogP contribution in [0.25, 0.3) is 0 Å². The molecule has 2 heteroatoms. The first kappa shape index (κ1) is 25.1. The molecule has 24 heavy (non-hydrogen) atoms. The molecule has 0 aromatic rings. The Labute approximate surface area is 149 Å². The van der Waals surface area contributed by atoms with Gasteiger partial charge in [-0.05, 0) is 48.2 Å². The molecule has 0 spiro atoms.